The van der Waals surface area contributed by atoms with Gasteiger partial charge in [0.2, 0.25) is 0 Å². The van der Waals surface area contributed by atoms with E-state index < -0.39 is 29.1 Å². The van der Waals surface area contributed by atoms with Crippen LogP contribution in [-0.2, 0) is 13.0 Å². The number of halogens is 5. The zero-order valence-corrected chi connectivity index (χ0v) is 13.9. The highest BCUT2D eigenvalue weighted by molar-refractivity contribution is 5.84. The van der Waals surface area contributed by atoms with E-state index in [1.165, 1.54) is 30.3 Å². The van der Waals surface area contributed by atoms with Crippen LogP contribution >= 0.6 is 0 Å². The lowest BCUT2D eigenvalue weighted by atomic mass is 10.1. The average Bonchev–Trinajstić information content (AvgIpc) is 2.59. The van der Waals surface area contributed by atoms with Crippen molar-refractivity contribution in [1.82, 2.24) is 0 Å². The summed E-state index contributed by atoms with van der Waals surface area (Å²) in [5.74, 6) is -5.45. The molecule has 0 bridgehead atoms. The van der Waals surface area contributed by atoms with Gasteiger partial charge in [-0.25, -0.2) is 22.0 Å². The molecule has 0 N–H and O–H groups in total. The average molecular weight is 366 g/mol. The Morgan fingerprint density at radius 2 is 1.50 bits per heavy atom. The molecule has 3 rings (SSSR count). The first kappa shape index (κ1) is 18.2. The van der Waals surface area contributed by atoms with Crippen molar-refractivity contribution in [3.8, 4) is 5.75 Å². The van der Waals surface area contributed by atoms with Crippen molar-refractivity contribution in [3.63, 3.8) is 0 Å². The maximum atomic E-state index is 14.1. The molecule has 0 unspecified atom stereocenters. The molecule has 0 aliphatic heterocycles. The number of benzene rings is 3. The summed E-state index contributed by atoms with van der Waals surface area (Å²) in [6, 6.07) is 7.19. The maximum absolute atomic E-state index is 14.1. The van der Waals surface area contributed by atoms with E-state index in [0.29, 0.717) is 12.0 Å². The van der Waals surface area contributed by atoms with Crippen molar-refractivity contribution in [3.05, 3.63) is 76.6 Å². The summed E-state index contributed by atoms with van der Waals surface area (Å²) in [6.45, 7) is 1.52. The highest BCUT2D eigenvalue weighted by atomic mass is 19.2. The summed E-state index contributed by atoms with van der Waals surface area (Å²) in [7, 11) is 0. The fourth-order valence-electron chi connectivity index (χ4n) is 2.75. The zero-order valence-electron chi connectivity index (χ0n) is 13.9. The number of ether oxygens (including phenoxy) is 1. The zero-order chi connectivity index (χ0) is 18.8. The minimum absolute atomic E-state index is 0.0816. The molecule has 0 heterocycles. The first-order chi connectivity index (χ1) is 12.4. The molecule has 26 heavy (non-hydrogen) atoms. The van der Waals surface area contributed by atoms with Crippen LogP contribution in [-0.4, -0.2) is 0 Å². The van der Waals surface area contributed by atoms with Gasteiger partial charge in [-0.05, 0) is 53.8 Å². The maximum Gasteiger partial charge on any atom is 0.195 e. The van der Waals surface area contributed by atoms with Gasteiger partial charge < -0.3 is 4.74 Å². The van der Waals surface area contributed by atoms with E-state index in [1.54, 1.807) is 0 Å². The minimum Gasteiger partial charge on any atom is -0.489 e. The van der Waals surface area contributed by atoms with Crippen molar-refractivity contribution in [2.24, 2.45) is 0 Å². The van der Waals surface area contributed by atoms with Gasteiger partial charge in [0.1, 0.15) is 24.0 Å². The summed E-state index contributed by atoms with van der Waals surface area (Å²) in [6.07, 6.45) is 1.33. The van der Waals surface area contributed by atoms with Crippen LogP contribution in [0.1, 0.15) is 24.5 Å². The van der Waals surface area contributed by atoms with Gasteiger partial charge in [-0.2, -0.15) is 0 Å². The minimum atomic E-state index is -1.55. The summed E-state index contributed by atoms with van der Waals surface area (Å²) in [5, 5.41) is -0.0318. The second-order valence-electron chi connectivity index (χ2n) is 5.95. The predicted octanol–water partition coefficient (Wildman–Crippen LogP) is 6.07. The number of rotatable bonds is 5. The van der Waals surface area contributed by atoms with E-state index in [9.17, 15) is 22.0 Å². The Hall–Kier alpha value is -2.63. The van der Waals surface area contributed by atoms with Crippen LogP contribution in [0.25, 0.3) is 10.8 Å². The monoisotopic (exact) mass is 366 g/mol. The van der Waals surface area contributed by atoms with E-state index in [1.807, 2.05) is 6.92 Å². The second kappa shape index (κ2) is 7.32. The number of hydrogen-bond donors (Lipinski definition) is 0. The Morgan fingerprint density at radius 3 is 2.15 bits per heavy atom. The third-order valence-electron chi connectivity index (χ3n) is 4.07. The van der Waals surface area contributed by atoms with Gasteiger partial charge in [0.05, 0.1) is 5.56 Å². The molecule has 3 aromatic rings. The highest BCUT2D eigenvalue weighted by Gasteiger charge is 2.15. The second-order valence-corrected chi connectivity index (χ2v) is 5.95. The lowest BCUT2D eigenvalue weighted by Gasteiger charge is -2.11. The molecule has 0 aliphatic carbocycles. The third-order valence-corrected chi connectivity index (χ3v) is 4.07. The summed E-state index contributed by atoms with van der Waals surface area (Å²) in [4.78, 5) is 0. The molecule has 136 valence electrons. The number of aryl methyl sites for hydroxylation is 1. The quantitative estimate of drug-likeness (QED) is 0.394. The van der Waals surface area contributed by atoms with Crippen LogP contribution in [0.4, 0.5) is 22.0 Å². The van der Waals surface area contributed by atoms with Crippen molar-refractivity contribution in [1.29, 1.82) is 0 Å². The molecular formula is C20H15F5O. The highest BCUT2D eigenvalue weighted by Crippen LogP contribution is 2.27. The topological polar surface area (TPSA) is 9.23 Å². The van der Waals surface area contributed by atoms with Gasteiger partial charge in [-0.15, -0.1) is 0 Å². The first-order valence-corrected chi connectivity index (χ1v) is 8.07. The van der Waals surface area contributed by atoms with Crippen LogP contribution in [0, 0.1) is 29.1 Å². The lowest BCUT2D eigenvalue weighted by Crippen LogP contribution is -2.04. The molecule has 0 spiro atoms. The van der Waals surface area contributed by atoms with Crippen molar-refractivity contribution in [2.75, 3.05) is 0 Å². The third kappa shape index (κ3) is 3.49. The molecule has 0 aromatic heterocycles. The van der Waals surface area contributed by atoms with Crippen LogP contribution < -0.4 is 4.74 Å². The molecule has 3 aromatic carbocycles. The van der Waals surface area contributed by atoms with Crippen molar-refractivity contribution >= 4 is 10.8 Å². The van der Waals surface area contributed by atoms with Gasteiger partial charge in [-0.1, -0.05) is 13.3 Å². The van der Waals surface area contributed by atoms with E-state index in [4.69, 9.17) is 4.74 Å². The van der Waals surface area contributed by atoms with E-state index in [-0.39, 0.29) is 28.7 Å². The molecule has 0 aliphatic rings. The molecule has 0 amide bonds. The largest absolute Gasteiger partial charge is 0.489 e. The smallest absolute Gasteiger partial charge is 0.195 e. The van der Waals surface area contributed by atoms with Crippen LogP contribution in [0.5, 0.6) is 5.75 Å². The van der Waals surface area contributed by atoms with Crippen molar-refractivity contribution < 1.29 is 26.7 Å². The molecule has 0 radical (unpaired) electrons. The van der Waals surface area contributed by atoms with Crippen molar-refractivity contribution in [2.45, 2.75) is 26.4 Å². The molecule has 0 atom stereocenters. The normalized spacial score (nSPS) is 11.2. The number of hydrogen-bond acceptors (Lipinski definition) is 1. The standard InChI is InChI=1S/C20H15F5O/c1-2-3-11-6-16(21)15(17(22)7-11)10-26-13-4-5-14-12(8-13)9-18(23)20(25)19(14)24/h4-9H,2-3,10H2,1H3. The van der Waals surface area contributed by atoms with Crippen LogP contribution in [0.3, 0.4) is 0 Å². The van der Waals surface area contributed by atoms with E-state index >= 15 is 0 Å². The molecule has 0 fully saturated rings. The molecule has 6 heteroatoms. The van der Waals surface area contributed by atoms with Gasteiger partial charge in [0.25, 0.3) is 0 Å². The summed E-state index contributed by atoms with van der Waals surface area (Å²) >= 11 is 0. The number of fused-ring (bicyclic) bond motifs is 1. The summed E-state index contributed by atoms with van der Waals surface area (Å²) < 4.78 is 73.8. The molecule has 0 saturated heterocycles. The molecule has 0 saturated carbocycles. The molecular weight excluding hydrogens is 351 g/mol. The van der Waals surface area contributed by atoms with Gasteiger partial charge in [0, 0.05) is 5.39 Å². The Balaban J connectivity index is 1.85. The first-order valence-electron chi connectivity index (χ1n) is 8.07. The van der Waals surface area contributed by atoms with Gasteiger partial charge in [0.15, 0.2) is 17.5 Å². The van der Waals surface area contributed by atoms with Gasteiger partial charge in [-0.3, -0.25) is 0 Å². The SMILES string of the molecule is CCCc1cc(F)c(COc2ccc3c(F)c(F)c(F)cc3c2)c(F)c1. The lowest BCUT2D eigenvalue weighted by molar-refractivity contribution is 0.292. The Kier molecular flexibility index (Phi) is 5.11. The Morgan fingerprint density at radius 1 is 0.808 bits per heavy atom. The van der Waals surface area contributed by atoms with Crippen LogP contribution in [0.15, 0.2) is 36.4 Å². The molecule has 1 nitrogen and oxygen atoms in total. The van der Waals surface area contributed by atoms with E-state index in [0.717, 1.165) is 12.5 Å². The fourth-order valence-corrected chi connectivity index (χ4v) is 2.75. The summed E-state index contributed by atoms with van der Waals surface area (Å²) in [5.41, 5.74) is 0.325. The Bertz CT molecular complexity index is 945. The predicted molar refractivity (Wildman–Crippen MR) is 88.5 cm³/mol. The fraction of sp³-hybridized carbons (Fsp3) is 0.200. The van der Waals surface area contributed by atoms with Gasteiger partial charge >= 0.3 is 0 Å². The van der Waals surface area contributed by atoms with E-state index in [2.05, 4.69) is 0 Å². The Labute approximate surface area is 147 Å². The van der Waals surface area contributed by atoms with Crippen LogP contribution in [0.2, 0.25) is 0 Å².